The molecule has 0 bridgehead atoms. The van der Waals surface area contributed by atoms with Crippen LogP contribution in [0.5, 0.6) is 0 Å². The van der Waals surface area contributed by atoms with E-state index in [0.29, 0.717) is 0 Å². The fourth-order valence-electron chi connectivity index (χ4n) is 3.32. The van der Waals surface area contributed by atoms with Crippen molar-refractivity contribution in [2.24, 2.45) is 0 Å². The van der Waals surface area contributed by atoms with Crippen molar-refractivity contribution >= 4 is 73.5 Å². The van der Waals surface area contributed by atoms with Crippen LogP contribution in [0.15, 0.2) is 72.8 Å². The zero-order chi connectivity index (χ0) is 17.1. The van der Waals surface area contributed by atoms with Crippen LogP contribution in [0.1, 0.15) is 0 Å². The van der Waals surface area contributed by atoms with Crippen LogP contribution in [-0.2, 0) is 0 Å². The molecule has 4 aromatic heterocycles. The normalized spacial score (nSPS) is 11.8. The van der Waals surface area contributed by atoms with Crippen molar-refractivity contribution in [2.75, 3.05) is 0 Å². The molecule has 4 heterocycles. The van der Waals surface area contributed by atoms with Crippen LogP contribution in [0.25, 0.3) is 49.1 Å². The van der Waals surface area contributed by atoms with Gasteiger partial charge < -0.3 is 0 Å². The van der Waals surface area contributed by atoms with E-state index in [-0.39, 0.29) is 0 Å². The average Bonchev–Trinajstić information content (AvgIpc) is 3.41. The Morgan fingerprint density at radius 1 is 0.423 bits per heavy atom. The molecule has 4 heteroatoms. The summed E-state index contributed by atoms with van der Waals surface area (Å²) in [5.74, 6) is 0. The minimum atomic E-state index is 1.32. The Morgan fingerprint density at radius 2 is 0.846 bits per heavy atom. The molecule has 124 valence electrons. The van der Waals surface area contributed by atoms with E-state index >= 15 is 0 Å². The zero-order valence-electron chi connectivity index (χ0n) is 13.6. The molecule has 0 radical (unpaired) electrons. The molecule has 0 aliphatic carbocycles. The van der Waals surface area contributed by atoms with Crippen molar-refractivity contribution in [3.63, 3.8) is 0 Å². The van der Waals surface area contributed by atoms with Crippen LogP contribution in [-0.4, -0.2) is 0 Å². The molecule has 0 nitrogen and oxygen atoms in total. The Kier molecular flexibility index (Phi) is 3.35. The fourth-order valence-corrected chi connectivity index (χ4v) is 8.96. The van der Waals surface area contributed by atoms with Gasteiger partial charge in [-0.05, 0) is 23.3 Å². The van der Waals surface area contributed by atoms with Crippen LogP contribution < -0.4 is 0 Å². The van der Waals surface area contributed by atoms with Crippen molar-refractivity contribution in [2.45, 2.75) is 0 Å². The van der Waals surface area contributed by atoms with E-state index in [0.717, 1.165) is 0 Å². The van der Waals surface area contributed by atoms with Crippen LogP contribution in [0.4, 0.5) is 0 Å². The van der Waals surface area contributed by atoms with Crippen LogP contribution in [0, 0.1) is 0 Å². The summed E-state index contributed by atoms with van der Waals surface area (Å²) in [6, 6.07) is 26.2. The van der Waals surface area contributed by atoms with E-state index < -0.39 is 0 Å². The lowest BCUT2D eigenvalue weighted by Crippen LogP contribution is -1.67. The average molecular weight is 405 g/mol. The molecule has 0 amide bonds. The smallest absolute Gasteiger partial charge is 0.0650 e. The van der Waals surface area contributed by atoms with Crippen LogP contribution >= 0.6 is 45.3 Å². The molecule has 2 aromatic carbocycles. The molecule has 0 saturated carbocycles. The SMILES string of the molecule is c1ccc(-c2cc3sc4c5sc(-c6ccccc6)cc5sc4c3s2)cc1. The number of rotatable bonds is 2. The topological polar surface area (TPSA) is 0 Å². The van der Waals surface area contributed by atoms with E-state index in [1.54, 1.807) is 0 Å². The van der Waals surface area contributed by atoms with Gasteiger partial charge in [-0.2, -0.15) is 0 Å². The molecular weight excluding hydrogens is 393 g/mol. The standard InChI is InChI=1S/C22H12S4/c1-3-7-13(8-4-1)15-11-17-19(23-15)21-22(25-17)20-18(26-21)12-16(24-20)14-9-5-2-6-10-14/h1-12H. The summed E-state index contributed by atoms with van der Waals surface area (Å²) < 4.78 is 8.70. The summed E-state index contributed by atoms with van der Waals surface area (Å²) in [7, 11) is 0. The zero-order valence-corrected chi connectivity index (χ0v) is 16.8. The summed E-state index contributed by atoms with van der Waals surface area (Å²) in [5.41, 5.74) is 2.64. The second-order valence-electron chi connectivity index (χ2n) is 6.20. The second kappa shape index (κ2) is 5.76. The third-order valence-electron chi connectivity index (χ3n) is 4.56. The van der Waals surface area contributed by atoms with Gasteiger partial charge in [-0.1, -0.05) is 60.7 Å². The molecule has 0 unspecified atom stereocenters. The lowest BCUT2D eigenvalue weighted by Gasteiger charge is -1.94. The van der Waals surface area contributed by atoms with Crippen molar-refractivity contribution < 1.29 is 0 Å². The second-order valence-corrected chi connectivity index (χ2v) is 10.4. The number of hydrogen-bond donors (Lipinski definition) is 0. The number of hydrogen-bond acceptors (Lipinski definition) is 4. The van der Waals surface area contributed by atoms with E-state index in [1.165, 1.54) is 49.1 Å². The number of fused-ring (bicyclic) bond motifs is 5. The van der Waals surface area contributed by atoms with E-state index in [2.05, 4.69) is 72.8 Å². The maximum Gasteiger partial charge on any atom is 0.0650 e. The minimum absolute atomic E-state index is 1.32. The predicted octanol–water partition coefficient (Wildman–Crippen LogP) is 8.73. The Balaban J connectivity index is 1.54. The highest BCUT2D eigenvalue weighted by Crippen LogP contribution is 2.51. The Labute approximate surface area is 166 Å². The molecule has 26 heavy (non-hydrogen) atoms. The lowest BCUT2D eigenvalue weighted by atomic mass is 10.2. The molecule has 0 atom stereocenters. The summed E-state index contributed by atoms with van der Waals surface area (Å²) >= 11 is 7.77. The molecular formula is C22H12S4. The first-order valence-electron chi connectivity index (χ1n) is 8.36. The van der Waals surface area contributed by atoms with Gasteiger partial charge >= 0.3 is 0 Å². The van der Waals surface area contributed by atoms with Gasteiger partial charge in [0.15, 0.2) is 0 Å². The first kappa shape index (κ1) is 15.1. The lowest BCUT2D eigenvalue weighted by molar-refractivity contribution is 1.70. The van der Waals surface area contributed by atoms with Gasteiger partial charge in [0.25, 0.3) is 0 Å². The van der Waals surface area contributed by atoms with E-state index in [4.69, 9.17) is 0 Å². The van der Waals surface area contributed by atoms with E-state index in [9.17, 15) is 0 Å². The molecule has 0 spiro atoms. The highest BCUT2D eigenvalue weighted by molar-refractivity contribution is 7.45. The van der Waals surface area contributed by atoms with Gasteiger partial charge in [0, 0.05) is 19.2 Å². The molecule has 0 saturated heterocycles. The first-order valence-corrected chi connectivity index (χ1v) is 11.6. The Hall–Kier alpha value is -1.98. The van der Waals surface area contributed by atoms with Gasteiger partial charge in [-0.25, -0.2) is 0 Å². The molecule has 6 aromatic rings. The summed E-state index contributed by atoms with van der Waals surface area (Å²) in [4.78, 5) is 2.74. The summed E-state index contributed by atoms with van der Waals surface area (Å²) in [6.45, 7) is 0. The van der Waals surface area contributed by atoms with Crippen molar-refractivity contribution in [1.82, 2.24) is 0 Å². The predicted molar refractivity (Wildman–Crippen MR) is 121 cm³/mol. The highest BCUT2D eigenvalue weighted by atomic mass is 32.1. The van der Waals surface area contributed by atoms with Gasteiger partial charge in [-0.15, -0.1) is 45.3 Å². The van der Waals surface area contributed by atoms with Crippen molar-refractivity contribution in [3.8, 4) is 20.9 Å². The monoisotopic (exact) mass is 404 g/mol. The molecule has 6 rings (SSSR count). The van der Waals surface area contributed by atoms with Crippen LogP contribution in [0.2, 0.25) is 0 Å². The number of benzene rings is 2. The molecule has 0 N–H and O–H groups in total. The summed E-state index contributed by atoms with van der Waals surface area (Å²) in [6.07, 6.45) is 0. The fraction of sp³-hybridized carbons (Fsp3) is 0. The quantitative estimate of drug-likeness (QED) is 0.271. The third kappa shape index (κ3) is 2.23. The Bertz CT molecular complexity index is 1250. The van der Waals surface area contributed by atoms with Gasteiger partial charge in [0.2, 0.25) is 0 Å². The third-order valence-corrected chi connectivity index (χ3v) is 9.91. The molecule has 0 fully saturated rings. The van der Waals surface area contributed by atoms with Crippen LogP contribution in [0.3, 0.4) is 0 Å². The van der Waals surface area contributed by atoms with Crippen molar-refractivity contribution in [1.29, 1.82) is 0 Å². The number of thiophene rings is 4. The van der Waals surface area contributed by atoms with Gasteiger partial charge in [0.05, 0.1) is 18.8 Å². The van der Waals surface area contributed by atoms with Crippen molar-refractivity contribution in [3.05, 3.63) is 72.8 Å². The maximum atomic E-state index is 2.37. The highest BCUT2D eigenvalue weighted by Gasteiger charge is 2.17. The van der Waals surface area contributed by atoms with Gasteiger partial charge in [0.1, 0.15) is 0 Å². The first-order chi connectivity index (χ1) is 12.9. The summed E-state index contributed by atoms with van der Waals surface area (Å²) in [5, 5.41) is 0. The van der Waals surface area contributed by atoms with E-state index in [1.807, 2.05) is 45.3 Å². The Morgan fingerprint density at radius 3 is 1.27 bits per heavy atom. The maximum absolute atomic E-state index is 2.37. The minimum Gasteiger partial charge on any atom is -0.133 e. The molecule has 0 aliphatic heterocycles. The van der Waals surface area contributed by atoms with Gasteiger partial charge in [-0.3, -0.25) is 0 Å². The largest absolute Gasteiger partial charge is 0.133 e. The molecule has 0 aliphatic rings.